The molecule has 0 aromatic carbocycles. The summed E-state index contributed by atoms with van der Waals surface area (Å²) < 4.78 is 3.88. The second-order valence-corrected chi connectivity index (χ2v) is 5.93. The lowest BCUT2D eigenvalue weighted by Crippen LogP contribution is -2.57. The zero-order valence-electron chi connectivity index (χ0n) is 9.73. The maximum atomic E-state index is 12.1. The van der Waals surface area contributed by atoms with Gasteiger partial charge in [-0.1, -0.05) is 25.3 Å². The zero-order valence-corrected chi connectivity index (χ0v) is 10.5. The van der Waals surface area contributed by atoms with E-state index in [0.717, 1.165) is 5.69 Å². The molecule has 0 saturated carbocycles. The standard InChI is InChI=1S/C10H16N4OS/c1-10(2,3)8-7(16-13-12-8)9(15)14-4-6(11)5-14/h6H,4-5,11H2,1-3H3. The van der Waals surface area contributed by atoms with Crippen LogP contribution in [0.4, 0.5) is 0 Å². The Morgan fingerprint density at radius 1 is 1.50 bits per heavy atom. The third-order valence-corrected chi connectivity index (χ3v) is 3.30. The molecule has 1 amide bonds. The van der Waals surface area contributed by atoms with Crippen LogP contribution in [0.25, 0.3) is 0 Å². The van der Waals surface area contributed by atoms with Gasteiger partial charge in [-0.3, -0.25) is 4.79 Å². The van der Waals surface area contributed by atoms with Crippen LogP contribution in [0, 0.1) is 0 Å². The summed E-state index contributed by atoms with van der Waals surface area (Å²) in [6, 6.07) is 0.128. The summed E-state index contributed by atoms with van der Waals surface area (Å²) in [4.78, 5) is 14.5. The highest BCUT2D eigenvalue weighted by Gasteiger charge is 2.33. The van der Waals surface area contributed by atoms with E-state index in [9.17, 15) is 4.79 Å². The maximum absolute atomic E-state index is 12.1. The van der Waals surface area contributed by atoms with Gasteiger partial charge in [0.05, 0.1) is 5.69 Å². The first kappa shape index (κ1) is 11.5. The number of likely N-dealkylation sites (tertiary alicyclic amines) is 1. The summed E-state index contributed by atoms with van der Waals surface area (Å²) in [6.07, 6.45) is 0. The van der Waals surface area contributed by atoms with Gasteiger partial charge in [-0.25, -0.2) is 0 Å². The smallest absolute Gasteiger partial charge is 0.267 e. The number of aromatic nitrogens is 2. The molecule has 6 heteroatoms. The van der Waals surface area contributed by atoms with E-state index in [1.165, 1.54) is 11.5 Å². The number of nitrogens with two attached hydrogens (primary N) is 1. The van der Waals surface area contributed by atoms with E-state index < -0.39 is 0 Å². The van der Waals surface area contributed by atoms with Crippen LogP contribution in [0.15, 0.2) is 0 Å². The van der Waals surface area contributed by atoms with Gasteiger partial charge in [0, 0.05) is 24.5 Å². The fourth-order valence-corrected chi connectivity index (χ4v) is 2.49. The lowest BCUT2D eigenvalue weighted by atomic mass is 9.91. The summed E-state index contributed by atoms with van der Waals surface area (Å²) in [5, 5.41) is 4.06. The van der Waals surface area contributed by atoms with Gasteiger partial charge >= 0.3 is 0 Å². The van der Waals surface area contributed by atoms with Crippen molar-refractivity contribution >= 4 is 17.4 Å². The maximum Gasteiger partial charge on any atom is 0.267 e. The first-order valence-electron chi connectivity index (χ1n) is 5.27. The fraction of sp³-hybridized carbons (Fsp3) is 0.700. The van der Waals surface area contributed by atoms with Gasteiger partial charge in [-0.05, 0) is 11.5 Å². The Bertz CT molecular complexity index is 403. The van der Waals surface area contributed by atoms with Crippen LogP contribution >= 0.6 is 11.5 Å². The van der Waals surface area contributed by atoms with Crippen LogP contribution in [0.3, 0.4) is 0 Å². The number of hydrogen-bond acceptors (Lipinski definition) is 5. The van der Waals surface area contributed by atoms with E-state index in [1.54, 1.807) is 4.90 Å². The van der Waals surface area contributed by atoms with Crippen molar-refractivity contribution in [3.05, 3.63) is 10.6 Å². The van der Waals surface area contributed by atoms with Crippen molar-refractivity contribution in [1.29, 1.82) is 0 Å². The molecule has 1 aromatic rings. The molecule has 0 aliphatic carbocycles. The molecule has 1 aliphatic heterocycles. The van der Waals surface area contributed by atoms with Gasteiger partial charge in [-0.15, -0.1) is 5.10 Å². The molecule has 88 valence electrons. The third-order valence-electron chi connectivity index (χ3n) is 2.59. The molecule has 0 radical (unpaired) electrons. The normalized spacial score (nSPS) is 17.4. The molecule has 1 fully saturated rings. The summed E-state index contributed by atoms with van der Waals surface area (Å²) in [5.74, 6) is 0.0154. The lowest BCUT2D eigenvalue weighted by Gasteiger charge is -2.36. The van der Waals surface area contributed by atoms with Crippen LogP contribution in [0.2, 0.25) is 0 Å². The third kappa shape index (κ3) is 1.94. The minimum absolute atomic E-state index is 0.0154. The number of carbonyl (C=O) groups is 1. The van der Waals surface area contributed by atoms with Gasteiger partial charge in [0.2, 0.25) is 0 Å². The van der Waals surface area contributed by atoms with Crippen LogP contribution in [-0.4, -0.2) is 39.5 Å². The molecule has 0 unspecified atom stereocenters. The average molecular weight is 240 g/mol. The van der Waals surface area contributed by atoms with Crippen molar-refractivity contribution in [2.75, 3.05) is 13.1 Å². The highest BCUT2D eigenvalue weighted by Crippen LogP contribution is 2.27. The zero-order chi connectivity index (χ0) is 11.9. The molecule has 5 nitrogen and oxygen atoms in total. The van der Waals surface area contributed by atoms with Crippen LogP contribution < -0.4 is 5.73 Å². The molecule has 2 rings (SSSR count). The molecule has 0 atom stereocenters. The SMILES string of the molecule is CC(C)(C)c1nnsc1C(=O)N1CC(N)C1. The minimum atomic E-state index is -0.148. The monoisotopic (exact) mass is 240 g/mol. The fourth-order valence-electron chi connectivity index (χ4n) is 1.64. The molecule has 1 aromatic heterocycles. The topological polar surface area (TPSA) is 72.1 Å². The number of rotatable bonds is 1. The highest BCUT2D eigenvalue weighted by molar-refractivity contribution is 7.08. The van der Waals surface area contributed by atoms with E-state index in [0.29, 0.717) is 18.0 Å². The van der Waals surface area contributed by atoms with E-state index in [-0.39, 0.29) is 17.4 Å². The van der Waals surface area contributed by atoms with Crippen molar-refractivity contribution in [3.8, 4) is 0 Å². The molecule has 1 aliphatic rings. The van der Waals surface area contributed by atoms with Crippen LogP contribution in [0.5, 0.6) is 0 Å². The molecule has 2 N–H and O–H groups in total. The Balaban J connectivity index is 2.21. The Hall–Kier alpha value is -1.01. The average Bonchev–Trinajstić information content (AvgIpc) is 2.59. The predicted molar refractivity (Wildman–Crippen MR) is 62.5 cm³/mol. The molecule has 0 spiro atoms. The van der Waals surface area contributed by atoms with Gasteiger partial charge in [0.25, 0.3) is 5.91 Å². The Morgan fingerprint density at radius 2 is 2.12 bits per heavy atom. The summed E-state index contributed by atoms with van der Waals surface area (Å²) in [7, 11) is 0. The van der Waals surface area contributed by atoms with Gasteiger partial charge in [0.1, 0.15) is 4.88 Å². The first-order valence-corrected chi connectivity index (χ1v) is 6.04. The van der Waals surface area contributed by atoms with Gasteiger partial charge < -0.3 is 10.6 Å². The number of carbonyl (C=O) groups excluding carboxylic acids is 1. The minimum Gasteiger partial charge on any atom is -0.335 e. The number of amides is 1. The van der Waals surface area contributed by atoms with Crippen molar-refractivity contribution in [3.63, 3.8) is 0 Å². The van der Waals surface area contributed by atoms with E-state index in [1.807, 2.05) is 20.8 Å². The van der Waals surface area contributed by atoms with Crippen molar-refractivity contribution in [1.82, 2.24) is 14.5 Å². The van der Waals surface area contributed by atoms with Crippen LogP contribution in [-0.2, 0) is 5.41 Å². The van der Waals surface area contributed by atoms with Gasteiger partial charge in [0.15, 0.2) is 0 Å². The van der Waals surface area contributed by atoms with Crippen molar-refractivity contribution in [2.45, 2.75) is 32.2 Å². The Morgan fingerprint density at radius 3 is 2.62 bits per heavy atom. The molecular formula is C10H16N4OS. The first-order chi connectivity index (χ1) is 7.39. The Kier molecular flexibility index (Phi) is 2.71. The van der Waals surface area contributed by atoms with E-state index in [2.05, 4.69) is 9.59 Å². The molecular weight excluding hydrogens is 224 g/mol. The largest absolute Gasteiger partial charge is 0.335 e. The number of nitrogens with zero attached hydrogens (tertiary/aromatic N) is 3. The van der Waals surface area contributed by atoms with E-state index >= 15 is 0 Å². The molecule has 1 saturated heterocycles. The quantitative estimate of drug-likeness (QED) is 0.781. The lowest BCUT2D eigenvalue weighted by molar-refractivity contribution is 0.0610. The Labute approximate surface area is 98.8 Å². The highest BCUT2D eigenvalue weighted by atomic mass is 32.1. The summed E-state index contributed by atoms with van der Waals surface area (Å²) in [5.41, 5.74) is 6.29. The van der Waals surface area contributed by atoms with Gasteiger partial charge in [-0.2, -0.15) is 0 Å². The molecule has 16 heavy (non-hydrogen) atoms. The molecule has 0 bridgehead atoms. The predicted octanol–water partition coefficient (Wildman–Crippen LogP) is 0.619. The second kappa shape index (κ2) is 3.78. The summed E-state index contributed by atoms with van der Waals surface area (Å²) >= 11 is 1.17. The van der Waals surface area contributed by atoms with Crippen molar-refractivity contribution in [2.24, 2.45) is 5.73 Å². The second-order valence-electron chi connectivity index (χ2n) is 5.17. The number of hydrogen-bond donors (Lipinski definition) is 1. The van der Waals surface area contributed by atoms with Crippen molar-refractivity contribution < 1.29 is 4.79 Å². The summed E-state index contributed by atoms with van der Waals surface area (Å²) in [6.45, 7) is 7.37. The van der Waals surface area contributed by atoms with Crippen LogP contribution in [0.1, 0.15) is 36.1 Å². The van der Waals surface area contributed by atoms with E-state index in [4.69, 9.17) is 5.73 Å². The molecule has 2 heterocycles.